The van der Waals surface area contributed by atoms with Crippen LogP contribution in [0.5, 0.6) is 0 Å². The second-order valence-corrected chi connectivity index (χ2v) is 6.70. The second-order valence-electron chi connectivity index (χ2n) is 6.70. The maximum absolute atomic E-state index is 12.4. The van der Waals surface area contributed by atoms with E-state index in [2.05, 4.69) is 20.3 Å². The molecule has 1 aliphatic carbocycles. The summed E-state index contributed by atoms with van der Waals surface area (Å²) >= 11 is 0. The molecule has 3 aromatic heterocycles. The quantitative estimate of drug-likeness (QED) is 0.457. The number of rotatable bonds is 3. The smallest absolute Gasteiger partial charge is 0.475 e. The number of carboxylic acid groups (broad SMARTS) is 2. The summed E-state index contributed by atoms with van der Waals surface area (Å²) in [5.41, 5.74) is 1.27. The number of halogens is 6. The van der Waals surface area contributed by atoms with Gasteiger partial charge < -0.3 is 19.9 Å². The lowest BCUT2D eigenvalue weighted by Crippen LogP contribution is -2.21. The molecule has 1 amide bonds. The fourth-order valence-corrected chi connectivity index (χ4v) is 2.40. The third-order valence-corrected chi connectivity index (χ3v) is 4.04. The van der Waals surface area contributed by atoms with Gasteiger partial charge in [-0.3, -0.25) is 4.79 Å². The van der Waals surface area contributed by atoms with Crippen molar-refractivity contribution in [3.63, 3.8) is 0 Å². The molecule has 1 aliphatic rings. The van der Waals surface area contributed by atoms with Crippen LogP contribution in [0.1, 0.15) is 35.1 Å². The summed E-state index contributed by atoms with van der Waals surface area (Å²) in [6.07, 6.45) is -2.94. The molecular weight excluding hydrogens is 492 g/mol. The molecule has 3 aromatic rings. The van der Waals surface area contributed by atoms with E-state index in [1.54, 1.807) is 12.3 Å². The van der Waals surface area contributed by atoms with Gasteiger partial charge in [0.05, 0.1) is 5.52 Å². The van der Waals surface area contributed by atoms with E-state index >= 15 is 0 Å². The molecule has 35 heavy (non-hydrogen) atoms. The highest BCUT2D eigenvalue weighted by molar-refractivity contribution is 6.07. The monoisotopic (exact) mass is 507 g/mol. The van der Waals surface area contributed by atoms with Gasteiger partial charge >= 0.3 is 24.3 Å². The van der Waals surface area contributed by atoms with Crippen LogP contribution in [0, 0.1) is 0 Å². The first-order valence-electron chi connectivity index (χ1n) is 9.36. The number of carboxylic acids is 2. The first-order chi connectivity index (χ1) is 16.2. The van der Waals surface area contributed by atoms with Crippen LogP contribution in [0.15, 0.2) is 43.0 Å². The van der Waals surface area contributed by atoms with E-state index in [0.717, 1.165) is 24.2 Å². The van der Waals surface area contributed by atoms with E-state index in [9.17, 15) is 31.1 Å². The molecule has 4 rings (SSSR count). The predicted molar refractivity (Wildman–Crippen MR) is 105 cm³/mol. The average molecular weight is 507 g/mol. The van der Waals surface area contributed by atoms with Crippen molar-refractivity contribution in [2.75, 3.05) is 5.32 Å². The second kappa shape index (κ2) is 10.8. The SMILES string of the molecule is O=C(Nc1ccncn1)c1nc(C2CC2)n2ccccc12.O=C(O)C(F)(F)F.O=C(O)C(F)(F)F. The number of carbonyl (C=O) groups is 3. The highest BCUT2D eigenvalue weighted by Gasteiger charge is 2.38. The van der Waals surface area contributed by atoms with Gasteiger partial charge in [-0.2, -0.15) is 26.3 Å². The molecule has 10 nitrogen and oxygen atoms in total. The Labute approximate surface area is 191 Å². The van der Waals surface area contributed by atoms with Crippen molar-refractivity contribution in [3.8, 4) is 0 Å². The summed E-state index contributed by atoms with van der Waals surface area (Å²) in [6, 6.07) is 7.42. The number of aliphatic carboxylic acids is 2. The van der Waals surface area contributed by atoms with E-state index < -0.39 is 24.3 Å². The molecule has 188 valence electrons. The van der Waals surface area contributed by atoms with E-state index in [4.69, 9.17) is 19.8 Å². The van der Waals surface area contributed by atoms with Crippen LogP contribution in [-0.2, 0) is 9.59 Å². The van der Waals surface area contributed by atoms with E-state index in [0.29, 0.717) is 17.4 Å². The van der Waals surface area contributed by atoms with Crippen molar-refractivity contribution >= 4 is 29.2 Å². The summed E-state index contributed by atoms with van der Waals surface area (Å²) in [5.74, 6) is -3.84. The number of nitrogens with zero attached hydrogens (tertiary/aromatic N) is 4. The van der Waals surface area contributed by atoms with Gasteiger partial charge in [-0.15, -0.1) is 0 Å². The van der Waals surface area contributed by atoms with Crippen LogP contribution in [0.4, 0.5) is 32.2 Å². The molecule has 1 saturated carbocycles. The largest absolute Gasteiger partial charge is 0.490 e. The number of hydrogen-bond acceptors (Lipinski definition) is 6. The lowest BCUT2D eigenvalue weighted by atomic mass is 10.3. The van der Waals surface area contributed by atoms with E-state index in [-0.39, 0.29) is 5.91 Å². The molecular formula is C19H15F6N5O5. The fourth-order valence-electron chi connectivity index (χ4n) is 2.40. The highest BCUT2D eigenvalue weighted by Crippen LogP contribution is 2.40. The Morgan fingerprint density at radius 3 is 2.00 bits per heavy atom. The van der Waals surface area contributed by atoms with Crippen LogP contribution in [0.3, 0.4) is 0 Å². The molecule has 3 N–H and O–H groups in total. The molecule has 3 heterocycles. The molecule has 0 unspecified atom stereocenters. The zero-order valence-corrected chi connectivity index (χ0v) is 17.2. The number of hydrogen-bond donors (Lipinski definition) is 3. The number of anilines is 1. The van der Waals surface area contributed by atoms with Crippen LogP contribution in [0.2, 0.25) is 0 Å². The Morgan fingerprint density at radius 1 is 0.971 bits per heavy atom. The van der Waals surface area contributed by atoms with Gasteiger partial charge in [0, 0.05) is 18.3 Å². The topological polar surface area (TPSA) is 147 Å². The summed E-state index contributed by atoms with van der Waals surface area (Å²) in [5, 5.41) is 17.0. The zero-order valence-electron chi connectivity index (χ0n) is 17.2. The minimum Gasteiger partial charge on any atom is -0.475 e. The van der Waals surface area contributed by atoms with Gasteiger partial charge in [0.2, 0.25) is 0 Å². The standard InChI is InChI=1S/C15H13N5O.2C2HF3O2/c21-15(18-12-6-7-16-9-17-12)13-11-3-1-2-8-20(11)14(19-13)10-4-5-10;2*3-2(4,5)1(6)7/h1-3,6-10H,4-5H2,(H,16,17,18,21);2*(H,6,7). The van der Waals surface area contributed by atoms with Crippen LogP contribution >= 0.6 is 0 Å². The van der Waals surface area contributed by atoms with E-state index in [1.165, 1.54) is 6.33 Å². The summed E-state index contributed by atoms with van der Waals surface area (Å²) in [4.78, 5) is 42.6. The number of imidazole rings is 1. The minimum absolute atomic E-state index is 0.246. The number of alkyl halides is 6. The van der Waals surface area contributed by atoms with Crippen molar-refractivity contribution in [1.82, 2.24) is 19.4 Å². The third-order valence-electron chi connectivity index (χ3n) is 4.04. The number of pyridine rings is 1. The van der Waals surface area contributed by atoms with Gasteiger partial charge in [0.15, 0.2) is 5.69 Å². The maximum Gasteiger partial charge on any atom is 0.490 e. The van der Waals surface area contributed by atoms with Crippen molar-refractivity contribution in [1.29, 1.82) is 0 Å². The average Bonchev–Trinajstić information content (AvgIpc) is 3.54. The Kier molecular flexibility index (Phi) is 8.33. The molecule has 0 atom stereocenters. The Bertz CT molecular complexity index is 1170. The first-order valence-corrected chi connectivity index (χ1v) is 9.36. The summed E-state index contributed by atoms with van der Waals surface area (Å²) < 4.78 is 65.5. The number of fused-ring (bicyclic) bond motifs is 1. The van der Waals surface area contributed by atoms with Crippen molar-refractivity contribution < 1.29 is 50.9 Å². The van der Waals surface area contributed by atoms with Crippen LogP contribution in [-0.4, -0.2) is 59.8 Å². The van der Waals surface area contributed by atoms with Crippen LogP contribution in [0.25, 0.3) is 5.52 Å². The lowest BCUT2D eigenvalue weighted by Gasteiger charge is -2.01. The molecule has 0 radical (unpaired) electrons. The minimum atomic E-state index is -5.08. The Hall–Kier alpha value is -4.24. The molecule has 0 bridgehead atoms. The van der Waals surface area contributed by atoms with Gasteiger partial charge in [0.1, 0.15) is 18.0 Å². The maximum atomic E-state index is 12.4. The molecule has 0 spiro atoms. The van der Waals surface area contributed by atoms with E-state index in [1.807, 2.05) is 28.8 Å². The van der Waals surface area contributed by atoms with Crippen molar-refractivity contribution in [2.24, 2.45) is 0 Å². The molecule has 0 aromatic carbocycles. The number of nitrogens with one attached hydrogen (secondary N) is 1. The summed E-state index contributed by atoms with van der Waals surface area (Å²) in [7, 11) is 0. The molecule has 0 saturated heterocycles. The normalized spacial score (nSPS) is 13.1. The lowest BCUT2D eigenvalue weighted by molar-refractivity contribution is -0.193. The molecule has 1 fully saturated rings. The van der Waals surface area contributed by atoms with Gasteiger partial charge in [-0.05, 0) is 31.0 Å². The summed E-state index contributed by atoms with van der Waals surface area (Å²) in [6.45, 7) is 0. The van der Waals surface area contributed by atoms with Gasteiger partial charge in [-0.1, -0.05) is 6.07 Å². The van der Waals surface area contributed by atoms with Crippen molar-refractivity contribution in [2.45, 2.75) is 31.1 Å². The number of amides is 1. The number of carbonyl (C=O) groups excluding carboxylic acids is 1. The zero-order chi connectivity index (χ0) is 26.4. The predicted octanol–water partition coefficient (Wildman–Crippen LogP) is 3.52. The van der Waals surface area contributed by atoms with Crippen molar-refractivity contribution in [3.05, 3.63) is 54.5 Å². The molecule has 0 aliphatic heterocycles. The Morgan fingerprint density at radius 2 is 1.54 bits per heavy atom. The highest BCUT2D eigenvalue weighted by atomic mass is 19.4. The number of aromatic nitrogens is 4. The van der Waals surface area contributed by atoms with Gasteiger partial charge in [-0.25, -0.2) is 24.5 Å². The third kappa shape index (κ3) is 7.94. The van der Waals surface area contributed by atoms with Crippen LogP contribution < -0.4 is 5.32 Å². The molecule has 16 heteroatoms. The first kappa shape index (κ1) is 27.0. The fraction of sp³-hybridized carbons (Fsp3) is 0.263. The Balaban J connectivity index is 0.000000257. The van der Waals surface area contributed by atoms with Gasteiger partial charge in [0.25, 0.3) is 5.91 Å².